The Morgan fingerprint density at radius 3 is 2.60 bits per heavy atom. The smallest absolute Gasteiger partial charge is 0.239 e. The van der Waals surface area contributed by atoms with Gasteiger partial charge in [-0.05, 0) is 23.6 Å². The SMILES string of the molecule is CS(=O)(=O)n1c(SCC(=O)Nc2ccccc2)nnc1-c1cccs1. The number of rotatable bonds is 6. The molecule has 2 aromatic heterocycles. The number of nitrogens with one attached hydrogen (secondary N) is 1. The van der Waals surface area contributed by atoms with Crippen LogP contribution in [-0.2, 0) is 14.8 Å². The Labute approximate surface area is 153 Å². The van der Waals surface area contributed by atoms with Gasteiger partial charge in [-0.3, -0.25) is 4.79 Å². The first kappa shape index (κ1) is 17.6. The van der Waals surface area contributed by atoms with Crippen molar-refractivity contribution >= 4 is 44.7 Å². The molecule has 7 nitrogen and oxygen atoms in total. The maximum atomic E-state index is 12.1. The molecule has 0 bridgehead atoms. The number of aromatic nitrogens is 3. The predicted octanol–water partition coefficient (Wildman–Crippen LogP) is 2.55. The van der Waals surface area contributed by atoms with E-state index in [1.807, 2.05) is 23.6 Å². The number of nitrogens with zero attached hydrogens (tertiary/aromatic N) is 3. The minimum atomic E-state index is -3.61. The second kappa shape index (κ2) is 7.38. The summed E-state index contributed by atoms with van der Waals surface area (Å²) in [5, 5.41) is 12.7. The van der Waals surface area contributed by atoms with Crippen molar-refractivity contribution in [1.29, 1.82) is 0 Å². The molecule has 25 heavy (non-hydrogen) atoms. The van der Waals surface area contributed by atoms with Gasteiger partial charge in [0.1, 0.15) is 0 Å². The molecule has 0 aliphatic heterocycles. The van der Waals surface area contributed by atoms with Gasteiger partial charge in [-0.2, -0.15) is 3.97 Å². The molecule has 10 heteroatoms. The van der Waals surface area contributed by atoms with Crippen LogP contribution >= 0.6 is 23.1 Å². The van der Waals surface area contributed by atoms with E-state index in [0.717, 1.165) is 22.0 Å². The van der Waals surface area contributed by atoms with Gasteiger partial charge in [0.05, 0.1) is 16.9 Å². The largest absolute Gasteiger partial charge is 0.325 e. The van der Waals surface area contributed by atoms with Crippen molar-refractivity contribution in [3.8, 4) is 10.7 Å². The fourth-order valence-electron chi connectivity index (χ4n) is 2.05. The molecule has 1 amide bonds. The Bertz CT molecular complexity index is 967. The quantitative estimate of drug-likeness (QED) is 0.646. The van der Waals surface area contributed by atoms with Crippen LogP contribution in [0.3, 0.4) is 0 Å². The van der Waals surface area contributed by atoms with Gasteiger partial charge in [0.25, 0.3) is 0 Å². The van der Waals surface area contributed by atoms with Crippen molar-refractivity contribution in [3.05, 3.63) is 47.8 Å². The Morgan fingerprint density at radius 1 is 1.20 bits per heavy atom. The topological polar surface area (TPSA) is 94.0 Å². The number of anilines is 1. The average Bonchev–Trinajstić information content (AvgIpc) is 3.22. The first-order valence-electron chi connectivity index (χ1n) is 7.12. The monoisotopic (exact) mass is 394 g/mol. The fourth-order valence-corrected chi connectivity index (χ4v) is 4.78. The van der Waals surface area contributed by atoms with Crippen molar-refractivity contribution in [3.63, 3.8) is 0 Å². The zero-order valence-corrected chi connectivity index (χ0v) is 15.6. The molecular formula is C15H14N4O3S3. The summed E-state index contributed by atoms with van der Waals surface area (Å²) in [6.45, 7) is 0. The van der Waals surface area contributed by atoms with Crippen molar-refractivity contribution in [2.45, 2.75) is 5.16 Å². The summed E-state index contributed by atoms with van der Waals surface area (Å²) in [7, 11) is -3.61. The van der Waals surface area contributed by atoms with Crippen LogP contribution in [0.15, 0.2) is 53.0 Å². The normalized spacial score (nSPS) is 11.4. The van der Waals surface area contributed by atoms with Crippen LogP contribution < -0.4 is 5.32 Å². The van der Waals surface area contributed by atoms with Gasteiger partial charge in [0.15, 0.2) is 5.82 Å². The highest BCUT2D eigenvalue weighted by atomic mass is 32.2. The summed E-state index contributed by atoms with van der Waals surface area (Å²) in [6, 6.07) is 12.6. The predicted molar refractivity (Wildman–Crippen MR) is 99.4 cm³/mol. The van der Waals surface area contributed by atoms with Crippen LogP contribution in [-0.4, -0.2) is 40.5 Å². The molecule has 130 valence electrons. The first-order valence-corrected chi connectivity index (χ1v) is 10.8. The Morgan fingerprint density at radius 2 is 1.96 bits per heavy atom. The maximum absolute atomic E-state index is 12.1. The number of thioether (sulfide) groups is 1. The minimum Gasteiger partial charge on any atom is -0.325 e. The number of hydrogen-bond donors (Lipinski definition) is 1. The van der Waals surface area contributed by atoms with Gasteiger partial charge in [-0.1, -0.05) is 36.0 Å². The number of benzene rings is 1. The van der Waals surface area contributed by atoms with Gasteiger partial charge >= 0.3 is 0 Å². The zero-order valence-electron chi connectivity index (χ0n) is 13.1. The van der Waals surface area contributed by atoms with Crippen LogP contribution in [0.4, 0.5) is 5.69 Å². The number of amides is 1. The number of carbonyl (C=O) groups excluding carboxylic acids is 1. The first-order chi connectivity index (χ1) is 11.9. The Kier molecular flexibility index (Phi) is 5.21. The molecule has 0 atom stereocenters. The number of para-hydroxylation sites is 1. The Balaban J connectivity index is 1.78. The number of thiophene rings is 1. The molecule has 0 radical (unpaired) electrons. The van der Waals surface area contributed by atoms with Gasteiger partial charge in [-0.25, -0.2) is 8.42 Å². The highest BCUT2D eigenvalue weighted by Gasteiger charge is 2.22. The summed E-state index contributed by atoms with van der Waals surface area (Å²) in [5.74, 6) is 0.0212. The summed E-state index contributed by atoms with van der Waals surface area (Å²) in [4.78, 5) is 12.7. The van der Waals surface area contributed by atoms with Crippen molar-refractivity contribution < 1.29 is 13.2 Å². The Hall–Kier alpha value is -2.17. The van der Waals surface area contributed by atoms with Gasteiger partial charge < -0.3 is 5.32 Å². The lowest BCUT2D eigenvalue weighted by Gasteiger charge is -2.07. The lowest BCUT2D eigenvalue weighted by Crippen LogP contribution is -2.16. The molecule has 0 spiro atoms. The minimum absolute atomic E-state index is 0.0208. The molecule has 1 N–H and O–H groups in total. The molecule has 0 fully saturated rings. The number of hydrogen-bond acceptors (Lipinski definition) is 7. The van der Waals surface area contributed by atoms with Gasteiger partial charge in [0, 0.05) is 5.69 Å². The van der Waals surface area contributed by atoms with E-state index in [1.54, 1.807) is 24.3 Å². The summed E-state index contributed by atoms with van der Waals surface area (Å²) in [5.41, 5.74) is 0.678. The molecule has 0 aliphatic carbocycles. The van der Waals surface area contributed by atoms with E-state index >= 15 is 0 Å². The molecular weight excluding hydrogens is 380 g/mol. The molecule has 0 saturated carbocycles. The zero-order chi connectivity index (χ0) is 17.9. The van der Waals surface area contributed by atoms with Crippen LogP contribution in [0.25, 0.3) is 10.7 Å². The molecule has 3 aromatic rings. The van der Waals surface area contributed by atoms with Crippen molar-refractivity contribution in [2.24, 2.45) is 0 Å². The standard InChI is InChI=1S/C15H14N4O3S3/c1-25(21,22)19-14(12-8-5-9-23-12)17-18-15(19)24-10-13(20)16-11-6-3-2-4-7-11/h2-9H,10H2,1H3,(H,16,20). The van der Waals surface area contributed by atoms with Crippen LogP contribution in [0.5, 0.6) is 0 Å². The highest BCUT2D eigenvalue weighted by Crippen LogP contribution is 2.28. The number of carbonyl (C=O) groups is 1. The van der Waals surface area contributed by atoms with E-state index < -0.39 is 10.0 Å². The fraction of sp³-hybridized carbons (Fsp3) is 0.133. The summed E-state index contributed by atoms with van der Waals surface area (Å²) >= 11 is 2.39. The van der Waals surface area contributed by atoms with E-state index in [4.69, 9.17) is 0 Å². The van der Waals surface area contributed by atoms with E-state index in [-0.39, 0.29) is 22.6 Å². The van der Waals surface area contributed by atoms with Crippen LogP contribution in [0, 0.1) is 0 Å². The van der Waals surface area contributed by atoms with Crippen LogP contribution in [0.1, 0.15) is 0 Å². The second-order valence-corrected chi connectivity index (χ2v) is 8.74. The van der Waals surface area contributed by atoms with Gasteiger partial charge in [0.2, 0.25) is 21.1 Å². The summed E-state index contributed by atoms with van der Waals surface area (Å²) < 4.78 is 25.3. The van der Waals surface area contributed by atoms with Gasteiger partial charge in [-0.15, -0.1) is 21.5 Å². The molecule has 0 aliphatic rings. The van der Waals surface area contributed by atoms with E-state index in [9.17, 15) is 13.2 Å². The molecule has 0 unspecified atom stereocenters. The third kappa shape index (κ3) is 4.27. The molecule has 3 rings (SSSR count). The van der Waals surface area contributed by atoms with E-state index in [2.05, 4.69) is 15.5 Å². The molecule has 2 heterocycles. The lowest BCUT2D eigenvalue weighted by molar-refractivity contribution is -0.113. The molecule has 1 aromatic carbocycles. The summed E-state index contributed by atoms with van der Waals surface area (Å²) in [6.07, 6.45) is 1.08. The third-order valence-corrected chi connectivity index (χ3v) is 5.98. The second-order valence-electron chi connectivity index (χ2n) is 5.01. The average molecular weight is 395 g/mol. The van der Waals surface area contributed by atoms with Crippen molar-refractivity contribution in [1.82, 2.24) is 14.2 Å². The third-order valence-electron chi connectivity index (χ3n) is 3.06. The maximum Gasteiger partial charge on any atom is 0.239 e. The lowest BCUT2D eigenvalue weighted by atomic mass is 10.3. The van der Waals surface area contributed by atoms with E-state index in [0.29, 0.717) is 10.6 Å². The highest BCUT2D eigenvalue weighted by molar-refractivity contribution is 8.00. The van der Waals surface area contributed by atoms with Crippen molar-refractivity contribution in [2.75, 3.05) is 17.3 Å². The van der Waals surface area contributed by atoms with E-state index in [1.165, 1.54) is 11.3 Å². The van der Waals surface area contributed by atoms with Crippen LogP contribution in [0.2, 0.25) is 0 Å². The molecule has 0 saturated heterocycles.